The average Bonchev–Trinajstić information content (AvgIpc) is 2.78. The van der Waals surface area contributed by atoms with Gasteiger partial charge < -0.3 is 4.74 Å². The number of ketones is 1. The van der Waals surface area contributed by atoms with Crippen LogP contribution in [0.2, 0.25) is 0 Å². The molecule has 144 valence electrons. The van der Waals surface area contributed by atoms with Gasteiger partial charge in [0, 0.05) is 5.56 Å². The normalized spacial score (nSPS) is 12.4. The number of hydrogen-bond donors (Lipinski definition) is 0. The lowest BCUT2D eigenvalue weighted by Gasteiger charge is -2.27. The van der Waals surface area contributed by atoms with Crippen molar-refractivity contribution in [2.45, 2.75) is 25.2 Å². The van der Waals surface area contributed by atoms with Gasteiger partial charge in [-0.3, -0.25) is 9.59 Å². The van der Waals surface area contributed by atoms with Crippen LogP contribution in [0.4, 0.5) is 0 Å². The molecule has 0 saturated heterocycles. The van der Waals surface area contributed by atoms with E-state index >= 15 is 0 Å². The zero-order valence-corrected chi connectivity index (χ0v) is 16.3. The fourth-order valence-corrected chi connectivity index (χ4v) is 3.28. The van der Waals surface area contributed by atoms with E-state index in [1.807, 2.05) is 37.3 Å². The number of esters is 1. The van der Waals surface area contributed by atoms with Crippen LogP contribution >= 0.6 is 0 Å². The highest BCUT2D eigenvalue weighted by Crippen LogP contribution is 2.32. The molecular weight excluding hydrogens is 360 g/mol. The molecule has 3 nitrogen and oxygen atoms in total. The highest BCUT2D eigenvalue weighted by Gasteiger charge is 2.41. The van der Waals surface area contributed by atoms with E-state index in [9.17, 15) is 9.59 Å². The number of carbonyl (C=O) groups is 2. The molecule has 0 aliphatic rings. The van der Waals surface area contributed by atoms with Gasteiger partial charge >= 0.3 is 5.97 Å². The van der Waals surface area contributed by atoms with E-state index in [0.29, 0.717) is 16.9 Å². The first kappa shape index (κ1) is 20.1. The van der Waals surface area contributed by atoms with E-state index < -0.39 is 11.4 Å². The Balaban J connectivity index is 1.96. The summed E-state index contributed by atoms with van der Waals surface area (Å²) in [5, 5.41) is 0. The Morgan fingerprint density at radius 3 is 2.21 bits per heavy atom. The lowest BCUT2D eigenvalue weighted by atomic mass is 9.72. The topological polar surface area (TPSA) is 43.4 Å². The van der Waals surface area contributed by atoms with E-state index in [1.54, 1.807) is 54.6 Å². The van der Waals surface area contributed by atoms with Gasteiger partial charge in [0.2, 0.25) is 0 Å². The number of ether oxygens (including phenoxy) is 1. The fraction of sp³-hybridized carbons (Fsp3) is 0.154. The molecule has 29 heavy (non-hydrogen) atoms. The van der Waals surface area contributed by atoms with Crippen molar-refractivity contribution in [3.8, 4) is 18.1 Å². The molecule has 0 heterocycles. The van der Waals surface area contributed by atoms with Crippen molar-refractivity contribution in [2.24, 2.45) is 0 Å². The van der Waals surface area contributed by atoms with Crippen LogP contribution < -0.4 is 4.74 Å². The molecule has 1 atom stereocenters. The first-order chi connectivity index (χ1) is 14.1. The Morgan fingerprint density at radius 2 is 1.59 bits per heavy atom. The number of hydrogen-bond acceptors (Lipinski definition) is 3. The summed E-state index contributed by atoms with van der Waals surface area (Å²) in [6.45, 7) is 2.03. The number of terminal acetylenes is 1. The second kappa shape index (κ2) is 9.03. The molecule has 3 heteroatoms. The molecule has 0 aromatic heterocycles. The van der Waals surface area contributed by atoms with Crippen LogP contribution in [0.15, 0.2) is 84.9 Å². The third-order valence-corrected chi connectivity index (χ3v) is 4.88. The summed E-state index contributed by atoms with van der Waals surface area (Å²) in [4.78, 5) is 26.3. The molecule has 0 fully saturated rings. The van der Waals surface area contributed by atoms with Crippen LogP contribution in [0.3, 0.4) is 0 Å². The van der Waals surface area contributed by atoms with E-state index in [1.165, 1.54) is 0 Å². The largest absolute Gasteiger partial charge is 0.426 e. The van der Waals surface area contributed by atoms with Crippen molar-refractivity contribution in [3.63, 3.8) is 0 Å². The Morgan fingerprint density at radius 1 is 0.931 bits per heavy atom. The summed E-state index contributed by atoms with van der Waals surface area (Å²) in [7, 11) is 0. The molecule has 3 aromatic rings. The molecule has 0 spiro atoms. The zero-order chi connectivity index (χ0) is 20.7. The predicted molar refractivity (Wildman–Crippen MR) is 114 cm³/mol. The summed E-state index contributed by atoms with van der Waals surface area (Å²) >= 11 is 0. The summed E-state index contributed by atoms with van der Waals surface area (Å²) in [6, 6.07) is 25.1. The number of rotatable bonds is 7. The molecule has 0 aliphatic heterocycles. The summed E-state index contributed by atoms with van der Waals surface area (Å²) in [6.07, 6.45) is 6.46. The maximum atomic E-state index is 13.4. The molecule has 0 bridgehead atoms. The third kappa shape index (κ3) is 4.44. The van der Waals surface area contributed by atoms with Gasteiger partial charge in [-0.05, 0) is 29.7 Å². The highest BCUT2D eigenvalue weighted by molar-refractivity contribution is 6.08. The van der Waals surface area contributed by atoms with E-state index in [-0.39, 0.29) is 12.2 Å². The van der Waals surface area contributed by atoms with E-state index in [4.69, 9.17) is 11.2 Å². The standard InChI is InChI=1S/C26H22O3/c1-3-20-12-11-17-23(18-20)29-24(27)19-26(4-2,22-15-9-6-10-16-22)25(28)21-13-7-5-8-14-21/h2,5-18H,3,19H2,1H3. The highest BCUT2D eigenvalue weighted by atomic mass is 16.5. The Labute approximate surface area is 171 Å². The van der Waals surface area contributed by atoms with Gasteiger partial charge in [-0.25, -0.2) is 0 Å². The molecular formula is C26H22O3. The molecule has 0 N–H and O–H groups in total. The summed E-state index contributed by atoms with van der Waals surface area (Å²) in [5.74, 6) is 2.21. The Bertz CT molecular complexity index is 1030. The summed E-state index contributed by atoms with van der Waals surface area (Å²) < 4.78 is 5.54. The van der Waals surface area contributed by atoms with Gasteiger partial charge in [0.05, 0.1) is 6.42 Å². The first-order valence-electron chi connectivity index (χ1n) is 9.52. The molecule has 3 aromatic carbocycles. The second-order valence-electron chi connectivity index (χ2n) is 6.76. The molecule has 3 rings (SSSR count). The van der Waals surface area contributed by atoms with Crippen molar-refractivity contribution in [1.82, 2.24) is 0 Å². The molecule has 1 unspecified atom stereocenters. The van der Waals surface area contributed by atoms with E-state index in [0.717, 1.165) is 12.0 Å². The lowest BCUT2D eigenvalue weighted by Crippen LogP contribution is -2.38. The van der Waals surface area contributed by atoms with Crippen LogP contribution in [0, 0.1) is 12.3 Å². The third-order valence-electron chi connectivity index (χ3n) is 4.88. The number of Topliss-reactive ketones (excluding diaryl/α,β-unsaturated/α-hetero) is 1. The van der Waals surface area contributed by atoms with E-state index in [2.05, 4.69) is 5.92 Å². The number of benzene rings is 3. The van der Waals surface area contributed by atoms with Crippen molar-refractivity contribution >= 4 is 11.8 Å². The smallest absolute Gasteiger partial charge is 0.313 e. The number of carbonyl (C=O) groups excluding carboxylic acids is 2. The lowest BCUT2D eigenvalue weighted by molar-refractivity contribution is -0.135. The zero-order valence-electron chi connectivity index (χ0n) is 16.3. The molecule has 0 amide bonds. The minimum Gasteiger partial charge on any atom is -0.426 e. The quantitative estimate of drug-likeness (QED) is 0.250. The predicted octanol–water partition coefficient (Wildman–Crippen LogP) is 5.00. The maximum absolute atomic E-state index is 13.4. The molecule has 0 radical (unpaired) electrons. The minimum absolute atomic E-state index is 0.252. The maximum Gasteiger partial charge on any atom is 0.313 e. The van der Waals surface area contributed by atoms with Gasteiger partial charge in [-0.1, -0.05) is 85.6 Å². The SMILES string of the molecule is C#CC(CC(=O)Oc1cccc(CC)c1)(C(=O)c1ccccc1)c1ccccc1. The van der Waals surface area contributed by atoms with Gasteiger partial charge in [-0.2, -0.15) is 0 Å². The molecule has 0 saturated carbocycles. The van der Waals surface area contributed by atoms with Crippen LogP contribution in [-0.2, 0) is 16.6 Å². The average molecular weight is 382 g/mol. The second-order valence-corrected chi connectivity index (χ2v) is 6.76. The van der Waals surface area contributed by atoms with Gasteiger partial charge in [0.1, 0.15) is 11.2 Å². The van der Waals surface area contributed by atoms with Crippen LogP contribution in [-0.4, -0.2) is 11.8 Å². The monoisotopic (exact) mass is 382 g/mol. The van der Waals surface area contributed by atoms with Crippen molar-refractivity contribution < 1.29 is 14.3 Å². The van der Waals surface area contributed by atoms with Crippen molar-refractivity contribution in [3.05, 3.63) is 102 Å². The van der Waals surface area contributed by atoms with Crippen molar-refractivity contribution in [2.75, 3.05) is 0 Å². The van der Waals surface area contributed by atoms with Gasteiger partial charge in [0.15, 0.2) is 5.78 Å². The van der Waals surface area contributed by atoms with Crippen LogP contribution in [0.25, 0.3) is 0 Å². The Kier molecular flexibility index (Phi) is 6.26. The summed E-state index contributed by atoms with van der Waals surface area (Å²) in [5.41, 5.74) is 0.662. The van der Waals surface area contributed by atoms with Gasteiger partial charge in [-0.15, -0.1) is 6.42 Å². The van der Waals surface area contributed by atoms with Crippen LogP contribution in [0.1, 0.15) is 34.8 Å². The van der Waals surface area contributed by atoms with Crippen LogP contribution in [0.5, 0.6) is 5.75 Å². The number of aryl methyl sites for hydroxylation is 1. The molecule has 0 aliphatic carbocycles. The van der Waals surface area contributed by atoms with Gasteiger partial charge in [0.25, 0.3) is 0 Å². The fourth-order valence-electron chi connectivity index (χ4n) is 3.28. The van der Waals surface area contributed by atoms with Crippen molar-refractivity contribution in [1.29, 1.82) is 0 Å². The minimum atomic E-state index is -1.44. The first-order valence-corrected chi connectivity index (χ1v) is 9.52. The Hall–Kier alpha value is -3.64.